The summed E-state index contributed by atoms with van der Waals surface area (Å²) in [7, 11) is 4.85. The Balaban J connectivity index is 0. The van der Waals surface area contributed by atoms with Crippen molar-refractivity contribution in [1.82, 2.24) is 0 Å². The van der Waals surface area contributed by atoms with Gasteiger partial charge in [-0.25, -0.2) is 0 Å². The van der Waals surface area contributed by atoms with E-state index in [1.807, 2.05) is 6.92 Å². The number of rotatable bonds is 0. The number of hydrogen-bond donors (Lipinski definition) is 0. The molecule has 0 N–H and O–H groups in total. The zero-order valence-electron chi connectivity index (χ0n) is 2.60. The zero-order valence-corrected chi connectivity index (χ0v) is 4.63. The molecule has 0 saturated carbocycles. The molecule has 0 aromatic carbocycles. The SMILES string of the molecule is [B]CC.[Dy]. The minimum Gasteiger partial charge on any atom is -0.0915 e. The van der Waals surface area contributed by atoms with E-state index in [-0.39, 0.29) is 38.2 Å². The van der Waals surface area contributed by atoms with Crippen LogP contribution in [0.2, 0.25) is 6.32 Å². The van der Waals surface area contributed by atoms with Gasteiger partial charge >= 0.3 is 0 Å². The van der Waals surface area contributed by atoms with Crippen LogP contribution in [0, 0.1) is 38.2 Å². The van der Waals surface area contributed by atoms with Gasteiger partial charge in [-0.1, -0.05) is 13.2 Å². The van der Waals surface area contributed by atoms with E-state index < -0.39 is 0 Å². The Morgan fingerprint density at radius 3 is 1.75 bits per heavy atom. The summed E-state index contributed by atoms with van der Waals surface area (Å²) < 4.78 is 0. The van der Waals surface area contributed by atoms with Crippen LogP contribution in [0.25, 0.3) is 0 Å². The average molecular weight is 202 g/mol. The van der Waals surface area contributed by atoms with E-state index in [1.165, 1.54) is 0 Å². The molecule has 0 aliphatic heterocycles. The van der Waals surface area contributed by atoms with Crippen LogP contribution in [0.1, 0.15) is 6.92 Å². The molecule has 0 saturated heterocycles. The van der Waals surface area contributed by atoms with E-state index in [1.54, 1.807) is 0 Å². The van der Waals surface area contributed by atoms with Crippen LogP contribution in [0.4, 0.5) is 0 Å². The van der Waals surface area contributed by atoms with Crippen molar-refractivity contribution in [1.29, 1.82) is 0 Å². The molecule has 0 aliphatic rings. The molecular weight excluding hydrogens is 197 g/mol. The summed E-state index contributed by atoms with van der Waals surface area (Å²) in [5.41, 5.74) is 0. The van der Waals surface area contributed by atoms with E-state index >= 15 is 0 Å². The summed E-state index contributed by atoms with van der Waals surface area (Å²) in [6.07, 6.45) is 0.750. The van der Waals surface area contributed by atoms with Crippen LogP contribution in [-0.4, -0.2) is 7.85 Å². The summed E-state index contributed by atoms with van der Waals surface area (Å²) in [5, 5.41) is 0. The van der Waals surface area contributed by atoms with Crippen LogP contribution in [0.5, 0.6) is 0 Å². The molecule has 0 bridgehead atoms. The van der Waals surface area contributed by atoms with Crippen molar-refractivity contribution in [2.45, 2.75) is 13.2 Å². The van der Waals surface area contributed by atoms with Gasteiger partial charge in [0.15, 0.2) is 0 Å². The first-order valence-corrected chi connectivity index (χ1v) is 1.12. The van der Waals surface area contributed by atoms with Gasteiger partial charge in [0.05, 0.1) is 7.85 Å². The third-order valence-electron chi connectivity index (χ3n) is 0. The second-order valence-electron chi connectivity index (χ2n) is 0.408. The Morgan fingerprint density at radius 2 is 1.75 bits per heavy atom. The van der Waals surface area contributed by atoms with Crippen molar-refractivity contribution in [3.8, 4) is 0 Å². The quantitative estimate of drug-likeness (QED) is 0.505. The van der Waals surface area contributed by atoms with Crippen molar-refractivity contribution in [3.63, 3.8) is 0 Å². The molecule has 0 heterocycles. The van der Waals surface area contributed by atoms with Gasteiger partial charge in [-0.15, -0.1) is 0 Å². The second-order valence-corrected chi connectivity index (χ2v) is 0.408. The predicted octanol–water partition coefficient (Wildman–Crippen LogP) is 0.593. The molecule has 2 radical (unpaired) electrons. The molecule has 0 spiro atoms. The third-order valence-corrected chi connectivity index (χ3v) is 0. The molecule has 4 heavy (non-hydrogen) atoms. The van der Waals surface area contributed by atoms with Crippen LogP contribution < -0.4 is 0 Å². The molecular formula is C2H5BDy. The number of hydrogen-bond acceptors (Lipinski definition) is 0. The van der Waals surface area contributed by atoms with Crippen molar-refractivity contribution >= 4 is 7.85 Å². The van der Waals surface area contributed by atoms with Gasteiger partial charge in [0.25, 0.3) is 0 Å². The van der Waals surface area contributed by atoms with Crippen LogP contribution in [0.15, 0.2) is 0 Å². The summed E-state index contributed by atoms with van der Waals surface area (Å²) in [4.78, 5) is 0. The smallest absolute Gasteiger partial charge is 0.0649 e. The summed E-state index contributed by atoms with van der Waals surface area (Å²) >= 11 is 0. The molecule has 0 aliphatic carbocycles. The topological polar surface area (TPSA) is 0 Å². The Kier molecular flexibility index (Phi) is 19.9. The normalized spacial score (nSPS) is 4.25. The van der Waals surface area contributed by atoms with E-state index in [4.69, 9.17) is 7.85 Å². The second kappa shape index (κ2) is 8.84. The fraction of sp³-hybridized carbons (Fsp3) is 1.00. The Morgan fingerprint density at radius 1 is 1.75 bits per heavy atom. The molecule has 0 nitrogen and oxygen atoms in total. The molecule has 2 heteroatoms. The average Bonchev–Trinajstić information content (AvgIpc) is 0.918. The van der Waals surface area contributed by atoms with E-state index in [0.717, 1.165) is 6.32 Å². The fourth-order valence-electron chi connectivity index (χ4n) is 0. The van der Waals surface area contributed by atoms with Crippen LogP contribution in [-0.2, 0) is 0 Å². The Bertz CT molecular complexity index is 6.00. The van der Waals surface area contributed by atoms with Crippen LogP contribution in [0.3, 0.4) is 0 Å². The first-order chi connectivity index (χ1) is 1.41. The monoisotopic (exact) mass is 204 g/mol. The third kappa shape index (κ3) is 10.2. The molecule has 0 aromatic heterocycles. The van der Waals surface area contributed by atoms with Gasteiger partial charge in [-0.05, 0) is 0 Å². The van der Waals surface area contributed by atoms with E-state index in [2.05, 4.69) is 0 Å². The molecule has 26 valence electrons. The summed E-state index contributed by atoms with van der Waals surface area (Å²) in [6, 6.07) is 0. The summed E-state index contributed by atoms with van der Waals surface area (Å²) in [5.74, 6) is 0. The zero-order chi connectivity index (χ0) is 2.71. The van der Waals surface area contributed by atoms with Gasteiger partial charge in [0.1, 0.15) is 0 Å². The molecule has 0 rings (SSSR count). The molecule has 0 fully saturated rings. The van der Waals surface area contributed by atoms with Crippen molar-refractivity contribution in [2.24, 2.45) is 0 Å². The van der Waals surface area contributed by atoms with Gasteiger partial charge in [-0.3, -0.25) is 0 Å². The van der Waals surface area contributed by atoms with Crippen LogP contribution >= 0.6 is 0 Å². The minimum absolute atomic E-state index is 0. The Labute approximate surface area is 58.8 Å². The Hall–Kier alpha value is 1.34. The predicted molar refractivity (Wildman–Crippen MR) is 16.2 cm³/mol. The van der Waals surface area contributed by atoms with Gasteiger partial charge in [0.2, 0.25) is 0 Å². The molecule has 0 unspecified atom stereocenters. The molecule has 0 atom stereocenters. The first-order valence-electron chi connectivity index (χ1n) is 1.12. The maximum Gasteiger partial charge on any atom is 0.0649 e. The maximum absolute atomic E-state index is 4.85. The minimum atomic E-state index is 0. The van der Waals surface area contributed by atoms with Gasteiger partial charge < -0.3 is 0 Å². The van der Waals surface area contributed by atoms with Crippen molar-refractivity contribution < 1.29 is 38.2 Å². The van der Waals surface area contributed by atoms with Gasteiger partial charge in [0, 0.05) is 38.2 Å². The summed E-state index contributed by atoms with van der Waals surface area (Å²) in [6.45, 7) is 1.90. The van der Waals surface area contributed by atoms with Crippen molar-refractivity contribution in [2.75, 3.05) is 0 Å². The molecule has 0 aromatic rings. The largest absolute Gasteiger partial charge is 0.0915 e. The van der Waals surface area contributed by atoms with Crippen molar-refractivity contribution in [3.05, 3.63) is 0 Å². The van der Waals surface area contributed by atoms with E-state index in [9.17, 15) is 0 Å². The standard InChI is InChI=1S/C2H5B.Dy/c1-2-3;/h2H2,1H3;. The first kappa shape index (κ1) is 9.02. The molecule has 0 amide bonds. The fourth-order valence-corrected chi connectivity index (χ4v) is 0. The van der Waals surface area contributed by atoms with E-state index in [0.29, 0.717) is 0 Å². The maximum atomic E-state index is 4.85. The van der Waals surface area contributed by atoms with Gasteiger partial charge in [-0.2, -0.15) is 0 Å².